The van der Waals surface area contributed by atoms with Crippen LogP contribution in [0, 0.1) is 0 Å². The quantitative estimate of drug-likeness (QED) is 0.816. The van der Waals surface area contributed by atoms with Gasteiger partial charge in [0, 0.05) is 58.9 Å². The van der Waals surface area contributed by atoms with Crippen molar-refractivity contribution in [3.8, 4) is 0 Å². The van der Waals surface area contributed by atoms with Gasteiger partial charge in [0.05, 0.1) is 18.8 Å². The third kappa shape index (κ3) is 3.92. The van der Waals surface area contributed by atoms with E-state index in [9.17, 15) is 13.6 Å². The van der Waals surface area contributed by atoms with Crippen LogP contribution in [0.5, 0.6) is 0 Å². The molecule has 1 aromatic heterocycles. The zero-order valence-electron chi connectivity index (χ0n) is 14.3. The number of carbonyl (C=O) groups is 1. The SMILES string of the molecule is CN(C)C(=O)CN1Cc2ccnn2CC[C@H]1CN1CCC(F)(F)C1. The summed E-state index contributed by atoms with van der Waals surface area (Å²) in [6.45, 7) is 2.49. The topological polar surface area (TPSA) is 44.6 Å². The summed E-state index contributed by atoms with van der Waals surface area (Å²) in [5, 5.41) is 4.32. The molecule has 0 spiro atoms. The standard InChI is InChI=1S/C16H25F2N5O/c1-20(2)15(24)11-22-10-14-3-6-19-23(14)7-4-13(22)9-21-8-5-16(17,18)12-21/h3,6,13H,4-5,7-12H2,1-2H3/t13-/m0/s1. The molecule has 8 heteroatoms. The van der Waals surface area contributed by atoms with E-state index in [0.29, 0.717) is 26.2 Å². The van der Waals surface area contributed by atoms with Crippen LogP contribution in [0.4, 0.5) is 8.78 Å². The minimum absolute atomic E-state index is 0.0275. The number of fused-ring (bicyclic) bond motifs is 1. The van der Waals surface area contributed by atoms with E-state index >= 15 is 0 Å². The van der Waals surface area contributed by atoms with Crippen LogP contribution in [-0.4, -0.2) is 82.6 Å². The van der Waals surface area contributed by atoms with Crippen molar-refractivity contribution in [3.63, 3.8) is 0 Å². The van der Waals surface area contributed by atoms with Gasteiger partial charge in [-0.1, -0.05) is 0 Å². The lowest BCUT2D eigenvalue weighted by molar-refractivity contribution is -0.130. The third-order valence-corrected chi connectivity index (χ3v) is 4.91. The van der Waals surface area contributed by atoms with E-state index in [1.807, 2.05) is 15.6 Å². The minimum Gasteiger partial charge on any atom is -0.348 e. The van der Waals surface area contributed by atoms with E-state index in [-0.39, 0.29) is 24.9 Å². The summed E-state index contributed by atoms with van der Waals surface area (Å²) in [5.41, 5.74) is 1.07. The molecule has 0 radical (unpaired) electrons. The van der Waals surface area contributed by atoms with E-state index < -0.39 is 5.92 Å². The first-order valence-corrected chi connectivity index (χ1v) is 8.39. The second-order valence-corrected chi connectivity index (χ2v) is 7.02. The van der Waals surface area contributed by atoms with Gasteiger partial charge in [0.25, 0.3) is 5.92 Å². The number of likely N-dealkylation sites (N-methyl/N-ethyl adjacent to an activating group) is 1. The van der Waals surface area contributed by atoms with Gasteiger partial charge in [0.1, 0.15) is 0 Å². The molecule has 3 heterocycles. The fraction of sp³-hybridized carbons (Fsp3) is 0.750. The molecule has 0 bridgehead atoms. The maximum absolute atomic E-state index is 13.5. The molecular formula is C16H25F2N5O. The number of aromatic nitrogens is 2. The van der Waals surface area contributed by atoms with Gasteiger partial charge in [-0.15, -0.1) is 0 Å². The maximum atomic E-state index is 13.5. The van der Waals surface area contributed by atoms with Crippen molar-refractivity contribution in [2.45, 2.75) is 37.9 Å². The van der Waals surface area contributed by atoms with Gasteiger partial charge in [0.2, 0.25) is 5.91 Å². The predicted molar refractivity (Wildman–Crippen MR) is 85.7 cm³/mol. The molecule has 1 fully saturated rings. The Morgan fingerprint density at radius 2 is 2.21 bits per heavy atom. The van der Waals surface area contributed by atoms with Gasteiger partial charge < -0.3 is 4.90 Å². The van der Waals surface area contributed by atoms with E-state index in [4.69, 9.17) is 0 Å². The highest BCUT2D eigenvalue weighted by Gasteiger charge is 2.39. The molecule has 24 heavy (non-hydrogen) atoms. The van der Waals surface area contributed by atoms with E-state index in [2.05, 4.69) is 10.00 Å². The second kappa shape index (κ2) is 6.76. The molecule has 2 aliphatic heterocycles. The number of rotatable bonds is 4. The fourth-order valence-corrected chi connectivity index (χ4v) is 3.45. The normalized spacial score (nSPS) is 24.6. The number of halogens is 2. The second-order valence-electron chi connectivity index (χ2n) is 7.02. The van der Waals surface area contributed by atoms with Crippen molar-refractivity contribution in [2.75, 3.05) is 40.3 Å². The number of aryl methyl sites for hydroxylation is 1. The van der Waals surface area contributed by atoms with E-state index in [1.165, 1.54) is 0 Å². The maximum Gasteiger partial charge on any atom is 0.261 e. The number of hydrogen-bond donors (Lipinski definition) is 0. The number of likely N-dealkylation sites (tertiary alicyclic amines) is 1. The Labute approximate surface area is 141 Å². The first kappa shape index (κ1) is 17.3. The van der Waals surface area contributed by atoms with Crippen LogP contribution in [0.25, 0.3) is 0 Å². The summed E-state index contributed by atoms with van der Waals surface area (Å²) in [7, 11) is 3.47. The van der Waals surface area contributed by atoms with Crippen molar-refractivity contribution in [1.29, 1.82) is 0 Å². The molecule has 0 aliphatic carbocycles. The van der Waals surface area contributed by atoms with Crippen LogP contribution >= 0.6 is 0 Å². The van der Waals surface area contributed by atoms with E-state index in [0.717, 1.165) is 18.7 Å². The molecule has 134 valence electrons. The number of amides is 1. The molecule has 2 aliphatic rings. The fourth-order valence-electron chi connectivity index (χ4n) is 3.45. The summed E-state index contributed by atoms with van der Waals surface area (Å²) < 4.78 is 28.9. The average Bonchev–Trinajstić information content (AvgIpc) is 3.04. The van der Waals surface area contributed by atoms with Gasteiger partial charge in [-0.05, 0) is 12.5 Å². The van der Waals surface area contributed by atoms with Crippen LogP contribution in [0.2, 0.25) is 0 Å². The van der Waals surface area contributed by atoms with Gasteiger partial charge in [0.15, 0.2) is 0 Å². The first-order valence-electron chi connectivity index (χ1n) is 8.39. The Morgan fingerprint density at radius 1 is 1.42 bits per heavy atom. The monoisotopic (exact) mass is 341 g/mol. The van der Waals surface area contributed by atoms with Crippen molar-refractivity contribution in [3.05, 3.63) is 18.0 Å². The van der Waals surface area contributed by atoms with Crippen LogP contribution in [0.3, 0.4) is 0 Å². The summed E-state index contributed by atoms with van der Waals surface area (Å²) in [5.74, 6) is -2.55. The molecule has 1 amide bonds. The Kier molecular flexibility index (Phi) is 4.87. The van der Waals surface area contributed by atoms with Crippen molar-refractivity contribution >= 4 is 5.91 Å². The molecule has 0 N–H and O–H groups in total. The predicted octanol–water partition coefficient (Wildman–Crippen LogP) is 0.887. The van der Waals surface area contributed by atoms with Gasteiger partial charge in [-0.25, -0.2) is 8.78 Å². The zero-order valence-corrected chi connectivity index (χ0v) is 14.3. The van der Waals surface area contributed by atoms with Crippen molar-refractivity contribution in [1.82, 2.24) is 24.5 Å². The number of alkyl halides is 2. The lowest BCUT2D eigenvalue weighted by Crippen LogP contribution is -2.47. The lowest BCUT2D eigenvalue weighted by Gasteiger charge is -2.32. The van der Waals surface area contributed by atoms with Gasteiger partial charge >= 0.3 is 0 Å². The Morgan fingerprint density at radius 3 is 2.88 bits per heavy atom. The third-order valence-electron chi connectivity index (χ3n) is 4.91. The summed E-state index contributed by atoms with van der Waals surface area (Å²) >= 11 is 0. The molecule has 0 saturated carbocycles. The largest absolute Gasteiger partial charge is 0.348 e. The molecule has 3 rings (SSSR count). The minimum atomic E-state index is -2.58. The highest BCUT2D eigenvalue weighted by Crippen LogP contribution is 2.28. The van der Waals surface area contributed by atoms with Crippen molar-refractivity contribution < 1.29 is 13.6 Å². The number of nitrogens with zero attached hydrogens (tertiary/aromatic N) is 5. The van der Waals surface area contributed by atoms with Crippen LogP contribution in [0.15, 0.2) is 12.3 Å². The lowest BCUT2D eigenvalue weighted by atomic mass is 10.1. The highest BCUT2D eigenvalue weighted by atomic mass is 19.3. The van der Waals surface area contributed by atoms with E-state index in [1.54, 1.807) is 25.2 Å². The van der Waals surface area contributed by atoms with Crippen LogP contribution < -0.4 is 0 Å². The Hall–Kier alpha value is -1.54. The molecule has 0 unspecified atom stereocenters. The Balaban J connectivity index is 1.72. The number of hydrogen-bond acceptors (Lipinski definition) is 4. The molecule has 1 saturated heterocycles. The Bertz CT molecular complexity index is 589. The number of carbonyl (C=O) groups excluding carboxylic acids is 1. The highest BCUT2D eigenvalue weighted by molar-refractivity contribution is 5.77. The first-order chi connectivity index (χ1) is 11.3. The van der Waals surface area contributed by atoms with Crippen LogP contribution in [-0.2, 0) is 17.9 Å². The zero-order chi connectivity index (χ0) is 17.3. The van der Waals surface area contributed by atoms with Gasteiger partial charge in [-0.3, -0.25) is 19.3 Å². The molecule has 0 aromatic carbocycles. The van der Waals surface area contributed by atoms with Gasteiger partial charge in [-0.2, -0.15) is 5.10 Å². The van der Waals surface area contributed by atoms with Crippen LogP contribution in [0.1, 0.15) is 18.5 Å². The molecule has 1 atom stereocenters. The molecule has 6 nitrogen and oxygen atoms in total. The molecular weight excluding hydrogens is 316 g/mol. The summed E-state index contributed by atoms with van der Waals surface area (Å²) in [6, 6.07) is 2.03. The summed E-state index contributed by atoms with van der Waals surface area (Å²) in [4.78, 5) is 17.7. The molecule has 1 aromatic rings. The summed E-state index contributed by atoms with van der Waals surface area (Å²) in [6.07, 6.45) is 2.50. The average molecular weight is 341 g/mol. The van der Waals surface area contributed by atoms with Crippen molar-refractivity contribution in [2.24, 2.45) is 0 Å². The smallest absolute Gasteiger partial charge is 0.261 e.